The van der Waals surface area contributed by atoms with Crippen molar-refractivity contribution in [1.29, 1.82) is 0 Å². The van der Waals surface area contributed by atoms with Crippen LogP contribution in [-0.4, -0.2) is 71.7 Å². The fraction of sp³-hybridized carbons (Fsp3) is 0.786. The molecule has 0 aliphatic carbocycles. The Kier molecular flexibility index (Phi) is 8.59. The van der Waals surface area contributed by atoms with Gasteiger partial charge in [0.2, 0.25) is 17.7 Å². The van der Waals surface area contributed by atoms with Crippen LogP contribution in [0.25, 0.3) is 0 Å². The standard InChI is InChI=1S/C14H27N3O3/c1-6-15(7-2)13(19)10-17(12(5)18)11-14(20)16(8-3)9-4/h6-11H2,1-5H3. The maximum atomic E-state index is 12.0. The van der Waals surface area contributed by atoms with Crippen molar-refractivity contribution >= 4 is 17.7 Å². The fourth-order valence-electron chi connectivity index (χ4n) is 1.96. The van der Waals surface area contributed by atoms with Gasteiger partial charge < -0.3 is 14.7 Å². The van der Waals surface area contributed by atoms with Crippen LogP contribution in [-0.2, 0) is 14.4 Å². The predicted octanol–water partition coefficient (Wildman–Crippen LogP) is 0.572. The Morgan fingerprint density at radius 1 is 0.650 bits per heavy atom. The van der Waals surface area contributed by atoms with Crippen LogP contribution in [0.15, 0.2) is 0 Å². The lowest BCUT2D eigenvalue weighted by Gasteiger charge is -2.27. The van der Waals surface area contributed by atoms with Crippen molar-refractivity contribution in [2.45, 2.75) is 34.6 Å². The Morgan fingerprint density at radius 2 is 0.950 bits per heavy atom. The summed E-state index contributed by atoms with van der Waals surface area (Å²) < 4.78 is 0. The number of carbonyl (C=O) groups is 3. The van der Waals surface area contributed by atoms with E-state index in [9.17, 15) is 14.4 Å². The van der Waals surface area contributed by atoms with Crippen LogP contribution in [0, 0.1) is 0 Å². The maximum absolute atomic E-state index is 12.0. The van der Waals surface area contributed by atoms with Gasteiger partial charge in [-0.2, -0.15) is 0 Å². The average molecular weight is 285 g/mol. The second kappa shape index (κ2) is 9.34. The molecule has 0 spiro atoms. The summed E-state index contributed by atoms with van der Waals surface area (Å²) in [7, 11) is 0. The molecule has 0 rings (SSSR count). The van der Waals surface area contributed by atoms with E-state index in [1.807, 2.05) is 27.7 Å². The van der Waals surface area contributed by atoms with Crippen molar-refractivity contribution < 1.29 is 14.4 Å². The highest BCUT2D eigenvalue weighted by atomic mass is 16.2. The summed E-state index contributed by atoms with van der Waals surface area (Å²) in [5.74, 6) is -0.513. The van der Waals surface area contributed by atoms with Crippen LogP contribution in [0.3, 0.4) is 0 Å². The third-order valence-electron chi connectivity index (χ3n) is 3.33. The van der Waals surface area contributed by atoms with E-state index in [2.05, 4.69) is 0 Å². The molecule has 0 saturated carbocycles. The summed E-state index contributed by atoms with van der Waals surface area (Å²) in [4.78, 5) is 40.2. The monoisotopic (exact) mass is 285 g/mol. The first kappa shape index (κ1) is 18.4. The predicted molar refractivity (Wildman–Crippen MR) is 78.1 cm³/mol. The molecule has 6 heteroatoms. The zero-order valence-corrected chi connectivity index (χ0v) is 13.3. The number of rotatable bonds is 8. The topological polar surface area (TPSA) is 60.9 Å². The molecule has 0 aliphatic rings. The van der Waals surface area contributed by atoms with Crippen molar-refractivity contribution in [3.05, 3.63) is 0 Å². The van der Waals surface area contributed by atoms with E-state index in [1.165, 1.54) is 11.8 Å². The van der Waals surface area contributed by atoms with Crippen LogP contribution < -0.4 is 0 Å². The number of amides is 3. The first-order valence-corrected chi connectivity index (χ1v) is 7.22. The molecule has 3 amide bonds. The first-order chi connectivity index (χ1) is 9.40. The summed E-state index contributed by atoms with van der Waals surface area (Å²) >= 11 is 0. The molecule has 116 valence electrons. The summed E-state index contributed by atoms with van der Waals surface area (Å²) in [6, 6.07) is 0. The average Bonchev–Trinajstić information content (AvgIpc) is 2.40. The Morgan fingerprint density at radius 3 is 1.15 bits per heavy atom. The lowest BCUT2D eigenvalue weighted by Crippen LogP contribution is -2.47. The molecule has 0 N–H and O–H groups in total. The SMILES string of the molecule is CCN(CC)C(=O)CN(CC(=O)N(CC)CC)C(C)=O. The van der Waals surface area contributed by atoms with Gasteiger partial charge >= 0.3 is 0 Å². The molecule has 0 fully saturated rings. The van der Waals surface area contributed by atoms with Crippen molar-refractivity contribution in [3.63, 3.8) is 0 Å². The summed E-state index contributed by atoms with van der Waals surface area (Å²) in [5.41, 5.74) is 0. The summed E-state index contributed by atoms with van der Waals surface area (Å²) in [6.45, 7) is 11.3. The van der Waals surface area contributed by atoms with Gasteiger partial charge in [0.05, 0.1) is 0 Å². The molecule has 0 aliphatic heterocycles. The zero-order valence-electron chi connectivity index (χ0n) is 13.3. The lowest BCUT2D eigenvalue weighted by molar-refractivity contribution is -0.143. The largest absolute Gasteiger partial charge is 0.342 e. The fourth-order valence-corrected chi connectivity index (χ4v) is 1.96. The number of hydrogen-bond acceptors (Lipinski definition) is 3. The molecule has 0 radical (unpaired) electrons. The highest BCUT2D eigenvalue weighted by Gasteiger charge is 2.21. The van der Waals surface area contributed by atoms with Crippen molar-refractivity contribution in [3.8, 4) is 0 Å². The van der Waals surface area contributed by atoms with E-state index in [0.29, 0.717) is 26.2 Å². The van der Waals surface area contributed by atoms with Gasteiger partial charge in [-0.1, -0.05) is 0 Å². The van der Waals surface area contributed by atoms with E-state index < -0.39 is 0 Å². The molecule has 0 aromatic rings. The second-order valence-electron chi connectivity index (χ2n) is 4.51. The molecule has 20 heavy (non-hydrogen) atoms. The molecule has 0 saturated heterocycles. The van der Waals surface area contributed by atoms with Gasteiger partial charge in [-0.05, 0) is 27.7 Å². The molecular weight excluding hydrogens is 258 g/mol. The van der Waals surface area contributed by atoms with Crippen molar-refractivity contribution in [1.82, 2.24) is 14.7 Å². The summed E-state index contributed by atoms with van der Waals surface area (Å²) in [6.07, 6.45) is 0. The van der Waals surface area contributed by atoms with Gasteiger partial charge in [-0.3, -0.25) is 14.4 Å². The Bertz CT molecular complexity index is 311. The van der Waals surface area contributed by atoms with Crippen LogP contribution in [0.1, 0.15) is 34.6 Å². The minimum Gasteiger partial charge on any atom is -0.342 e. The van der Waals surface area contributed by atoms with Gasteiger partial charge in [0.25, 0.3) is 0 Å². The third kappa shape index (κ3) is 5.59. The minimum atomic E-state index is -0.258. The Balaban J connectivity index is 4.70. The Hall–Kier alpha value is -1.59. The van der Waals surface area contributed by atoms with E-state index in [-0.39, 0.29) is 30.8 Å². The number of nitrogens with zero attached hydrogens (tertiary/aromatic N) is 3. The van der Waals surface area contributed by atoms with Gasteiger partial charge in [0.15, 0.2) is 0 Å². The molecule has 0 heterocycles. The van der Waals surface area contributed by atoms with Gasteiger partial charge in [0, 0.05) is 33.1 Å². The van der Waals surface area contributed by atoms with Crippen LogP contribution in [0.2, 0.25) is 0 Å². The highest BCUT2D eigenvalue weighted by molar-refractivity contribution is 5.88. The smallest absolute Gasteiger partial charge is 0.242 e. The van der Waals surface area contributed by atoms with Crippen LogP contribution in [0.5, 0.6) is 0 Å². The molecule has 0 aromatic heterocycles. The highest BCUT2D eigenvalue weighted by Crippen LogP contribution is 1.98. The van der Waals surface area contributed by atoms with E-state index >= 15 is 0 Å². The lowest BCUT2D eigenvalue weighted by atomic mass is 10.3. The summed E-state index contributed by atoms with van der Waals surface area (Å²) in [5, 5.41) is 0. The maximum Gasteiger partial charge on any atom is 0.242 e. The zero-order chi connectivity index (χ0) is 15.7. The number of likely N-dealkylation sites (N-methyl/N-ethyl adjacent to an activating group) is 2. The van der Waals surface area contributed by atoms with E-state index in [0.717, 1.165) is 0 Å². The molecular formula is C14H27N3O3. The molecule has 6 nitrogen and oxygen atoms in total. The minimum absolute atomic E-state index is 0.0377. The normalized spacial score (nSPS) is 10.1. The van der Waals surface area contributed by atoms with Crippen LogP contribution >= 0.6 is 0 Å². The Labute approximate surface area is 121 Å². The first-order valence-electron chi connectivity index (χ1n) is 7.22. The van der Waals surface area contributed by atoms with Gasteiger partial charge in [0.1, 0.15) is 13.1 Å². The molecule has 0 atom stereocenters. The molecule has 0 unspecified atom stereocenters. The van der Waals surface area contributed by atoms with E-state index in [1.54, 1.807) is 9.80 Å². The van der Waals surface area contributed by atoms with E-state index in [4.69, 9.17) is 0 Å². The van der Waals surface area contributed by atoms with Crippen molar-refractivity contribution in [2.75, 3.05) is 39.3 Å². The molecule has 0 bridgehead atoms. The third-order valence-corrected chi connectivity index (χ3v) is 3.33. The second-order valence-corrected chi connectivity index (χ2v) is 4.51. The van der Waals surface area contributed by atoms with Crippen molar-refractivity contribution in [2.24, 2.45) is 0 Å². The molecule has 0 aromatic carbocycles. The van der Waals surface area contributed by atoms with Gasteiger partial charge in [-0.25, -0.2) is 0 Å². The van der Waals surface area contributed by atoms with Gasteiger partial charge in [-0.15, -0.1) is 0 Å². The number of carbonyl (C=O) groups excluding carboxylic acids is 3. The van der Waals surface area contributed by atoms with Crippen LogP contribution in [0.4, 0.5) is 0 Å². The quantitative estimate of drug-likeness (QED) is 0.655. The number of hydrogen-bond donors (Lipinski definition) is 0.